The van der Waals surface area contributed by atoms with Crippen molar-refractivity contribution in [2.24, 2.45) is 0 Å². The average Bonchev–Trinajstić information content (AvgIpc) is 2.38. The summed E-state index contributed by atoms with van der Waals surface area (Å²) in [5.74, 6) is 0. The zero-order valence-electron chi connectivity index (χ0n) is 10.4. The Morgan fingerprint density at radius 3 is 2.82 bits per heavy atom. The molecule has 0 aliphatic heterocycles. The lowest BCUT2D eigenvalue weighted by atomic mass is 9.97. The van der Waals surface area contributed by atoms with E-state index in [4.69, 9.17) is 5.73 Å². The summed E-state index contributed by atoms with van der Waals surface area (Å²) in [7, 11) is 0. The van der Waals surface area contributed by atoms with Crippen molar-refractivity contribution in [3.05, 3.63) is 41.5 Å². The van der Waals surface area contributed by atoms with Crippen LogP contribution in [0.3, 0.4) is 0 Å². The summed E-state index contributed by atoms with van der Waals surface area (Å²) >= 11 is 0. The summed E-state index contributed by atoms with van der Waals surface area (Å²) in [6.45, 7) is 1.93. The first kappa shape index (κ1) is 12.2. The van der Waals surface area contributed by atoms with Crippen molar-refractivity contribution in [1.29, 1.82) is 0 Å². The number of allylic oxidation sites excluding steroid dienone is 1. The van der Waals surface area contributed by atoms with Crippen LogP contribution in [0.15, 0.2) is 35.9 Å². The van der Waals surface area contributed by atoms with Crippen molar-refractivity contribution in [3.8, 4) is 0 Å². The van der Waals surface area contributed by atoms with Gasteiger partial charge in [0, 0.05) is 12.2 Å². The first-order chi connectivity index (χ1) is 8.36. The summed E-state index contributed by atoms with van der Waals surface area (Å²) in [6.07, 6.45) is 8.93. The largest absolute Gasteiger partial charge is 0.398 e. The molecule has 0 aromatic heterocycles. The molecule has 1 aromatic rings. The molecule has 1 aliphatic carbocycles. The highest BCUT2D eigenvalue weighted by molar-refractivity contribution is 5.46. The molecule has 0 saturated carbocycles. The van der Waals surface area contributed by atoms with Crippen LogP contribution in [0, 0.1) is 0 Å². The van der Waals surface area contributed by atoms with Crippen molar-refractivity contribution >= 4 is 5.69 Å². The van der Waals surface area contributed by atoms with E-state index in [1.165, 1.54) is 37.7 Å². The number of anilines is 1. The lowest BCUT2D eigenvalue weighted by molar-refractivity contribution is 0.633. The number of nitrogens with two attached hydrogens (primary N) is 1. The van der Waals surface area contributed by atoms with Crippen LogP contribution in [0.4, 0.5) is 5.69 Å². The summed E-state index contributed by atoms with van der Waals surface area (Å²) in [5, 5.41) is 3.47. The van der Waals surface area contributed by atoms with Crippen LogP contribution in [0.2, 0.25) is 0 Å². The van der Waals surface area contributed by atoms with E-state index >= 15 is 0 Å². The Morgan fingerprint density at radius 1 is 1.18 bits per heavy atom. The predicted molar refractivity (Wildman–Crippen MR) is 73.7 cm³/mol. The van der Waals surface area contributed by atoms with Crippen LogP contribution in [0.5, 0.6) is 0 Å². The second-order valence-electron chi connectivity index (χ2n) is 4.73. The summed E-state index contributed by atoms with van der Waals surface area (Å²) < 4.78 is 0. The van der Waals surface area contributed by atoms with Gasteiger partial charge in [-0.15, -0.1) is 0 Å². The van der Waals surface area contributed by atoms with Crippen LogP contribution in [-0.2, 0) is 6.54 Å². The number of benzene rings is 1. The topological polar surface area (TPSA) is 38.0 Å². The highest BCUT2D eigenvalue weighted by Crippen LogP contribution is 2.19. The third-order valence-corrected chi connectivity index (χ3v) is 3.38. The number of hydrogen-bond donors (Lipinski definition) is 2. The van der Waals surface area contributed by atoms with E-state index in [0.717, 1.165) is 18.8 Å². The minimum atomic E-state index is 0.875. The molecule has 0 fully saturated rings. The molecule has 3 N–H and O–H groups in total. The maximum Gasteiger partial charge on any atom is 0.0359 e. The molecule has 0 atom stereocenters. The van der Waals surface area contributed by atoms with E-state index in [1.54, 1.807) is 5.57 Å². The Bertz CT molecular complexity index is 382. The van der Waals surface area contributed by atoms with Gasteiger partial charge in [-0.1, -0.05) is 29.8 Å². The Morgan fingerprint density at radius 2 is 2.06 bits per heavy atom. The molecule has 2 nitrogen and oxygen atoms in total. The first-order valence-corrected chi connectivity index (χ1v) is 6.58. The molecule has 0 heterocycles. The van der Waals surface area contributed by atoms with E-state index in [-0.39, 0.29) is 0 Å². The van der Waals surface area contributed by atoms with Crippen LogP contribution in [0.25, 0.3) is 0 Å². The molecule has 0 radical (unpaired) electrons. The van der Waals surface area contributed by atoms with Crippen molar-refractivity contribution in [2.75, 3.05) is 12.3 Å². The van der Waals surface area contributed by atoms with Crippen LogP contribution in [0.1, 0.15) is 37.7 Å². The number of nitrogens with one attached hydrogen (secondary N) is 1. The summed E-state index contributed by atoms with van der Waals surface area (Å²) in [4.78, 5) is 0. The monoisotopic (exact) mass is 230 g/mol. The molecule has 2 rings (SSSR count). The van der Waals surface area contributed by atoms with Gasteiger partial charge in [-0.3, -0.25) is 0 Å². The third-order valence-electron chi connectivity index (χ3n) is 3.38. The molecule has 0 spiro atoms. The van der Waals surface area contributed by atoms with Gasteiger partial charge in [0.2, 0.25) is 0 Å². The van der Waals surface area contributed by atoms with E-state index in [0.29, 0.717) is 0 Å². The SMILES string of the molecule is Nc1ccccc1CNCCC1=CCCCC1. The zero-order valence-corrected chi connectivity index (χ0v) is 10.4. The molecule has 0 saturated heterocycles. The van der Waals surface area contributed by atoms with Gasteiger partial charge >= 0.3 is 0 Å². The standard InChI is InChI=1S/C15H22N2/c16-15-9-5-4-8-14(15)12-17-11-10-13-6-2-1-3-7-13/h4-6,8-9,17H,1-3,7,10-12,16H2. The predicted octanol–water partition coefficient (Wildman–Crippen LogP) is 3.25. The zero-order chi connectivity index (χ0) is 11.9. The molecular weight excluding hydrogens is 208 g/mol. The maximum absolute atomic E-state index is 5.89. The highest BCUT2D eigenvalue weighted by atomic mass is 14.8. The van der Waals surface area contributed by atoms with Crippen molar-refractivity contribution < 1.29 is 0 Å². The maximum atomic E-state index is 5.89. The van der Waals surface area contributed by atoms with Crippen LogP contribution >= 0.6 is 0 Å². The van der Waals surface area contributed by atoms with Crippen molar-refractivity contribution in [2.45, 2.75) is 38.6 Å². The Balaban J connectivity index is 1.69. The Kier molecular flexibility index (Phi) is 4.63. The minimum Gasteiger partial charge on any atom is -0.398 e. The van der Waals surface area contributed by atoms with Gasteiger partial charge in [-0.05, 0) is 50.3 Å². The summed E-state index contributed by atoms with van der Waals surface area (Å²) in [6, 6.07) is 8.06. The van der Waals surface area contributed by atoms with E-state index in [2.05, 4.69) is 17.5 Å². The second kappa shape index (κ2) is 6.45. The smallest absolute Gasteiger partial charge is 0.0359 e. The van der Waals surface area contributed by atoms with Crippen LogP contribution < -0.4 is 11.1 Å². The molecule has 0 bridgehead atoms. The molecular formula is C15H22N2. The highest BCUT2D eigenvalue weighted by Gasteiger charge is 2.03. The molecule has 0 unspecified atom stereocenters. The lowest BCUT2D eigenvalue weighted by Gasteiger charge is -2.13. The van der Waals surface area contributed by atoms with Gasteiger partial charge in [0.05, 0.1) is 0 Å². The molecule has 1 aliphatic rings. The average molecular weight is 230 g/mol. The minimum absolute atomic E-state index is 0.875. The third kappa shape index (κ3) is 3.90. The van der Waals surface area contributed by atoms with E-state index < -0.39 is 0 Å². The van der Waals surface area contributed by atoms with E-state index in [9.17, 15) is 0 Å². The fraction of sp³-hybridized carbons (Fsp3) is 0.467. The molecule has 92 valence electrons. The molecule has 2 heteroatoms. The van der Waals surface area contributed by atoms with Crippen LogP contribution in [-0.4, -0.2) is 6.54 Å². The van der Waals surface area contributed by atoms with Gasteiger partial charge in [0.25, 0.3) is 0 Å². The number of nitrogen functional groups attached to an aromatic ring is 1. The first-order valence-electron chi connectivity index (χ1n) is 6.58. The molecule has 0 amide bonds. The Labute approximate surface area is 104 Å². The second-order valence-corrected chi connectivity index (χ2v) is 4.73. The molecule has 17 heavy (non-hydrogen) atoms. The number of para-hydroxylation sites is 1. The number of hydrogen-bond acceptors (Lipinski definition) is 2. The van der Waals surface area contributed by atoms with Crippen molar-refractivity contribution in [3.63, 3.8) is 0 Å². The van der Waals surface area contributed by atoms with Gasteiger partial charge < -0.3 is 11.1 Å². The fourth-order valence-corrected chi connectivity index (χ4v) is 2.30. The normalized spacial score (nSPS) is 15.6. The fourth-order valence-electron chi connectivity index (χ4n) is 2.30. The number of rotatable bonds is 5. The Hall–Kier alpha value is -1.28. The quantitative estimate of drug-likeness (QED) is 0.463. The summed E-state index contributed by atoms with van der Waals surface area (Å²) in [5.41, 5.74) is 9.61. The van der Waals surface area contributed by atoms with Gasteiger partial charge in [-0.25, -0.2) is 0 Å². The van der Waals surface area contributed by atoms with Gasteiger partial charge in [-0.2, -0.15) is 0 Å². The molecule has 1 aromatic carbocycles. The van der Waals surface area contributed by atoms with Crippen molar-refractivity contribution in [1.82, 2.24) is 5.32 Å². The van der Waals surface area contributed by atoms with Gasteiger partial charge in [0.15, 0.2) is 0 Å². The lowest BCUT2D eigenvalue weighted by Crippen LogP contribution is -2.16. The van der Waals surface area contributed by atoms with E-state index in [1.807, 2.05) is 18.2 Å². The van der Waals surface area contributed by atoms with Gasteiger partial charge in [0.1, 0.15) is 0 Å².